The van der Waals surface area contributed by atoms with Crippen LogP contribution in [0, 0.1) is 0 Å². The maximum absolute atomic E-state index is 12.4. The second-order valence-corrected chi connectivity index (χ2v) is 5.53. The number of pyridine rings is 1. The van der Waals surface area contributed by atoms with Gasteiger partial charge in [-0.2, -0.15) is 0 Å². The lowest BCUT2D eigenvalue weighted by Crippen LogP contribution is -2.17. The molecule has 0 radical (unpaired) electrons. The van der Waals surface area contributed by atoms with Gasteiger partial charge in [0.05, 0.1) is 13.2 Å². The Balaban J connectivity index is 2.13. The van der Waals surface area contributed by atoms with Gasteiger partial charge in [-0.05, 0) is 30.2 Å². The minimum absolute atomic E-state index is 0.0560. The maximum atomic E-state index is 12.4. The average Bonchev–Trinajstić information content (AvgIpc) is 3.14. The van der Waals surface area contributed by atoms with Crippen molar-refractivity contribution in [2.24, 2.45) is 5.11 Å². The van der Waals surface area contributed by atoms with E-state index in [0.717, 1.165) is 18.7 Å². The van der Waals surface area contributed by atoms with Gasteiger partial charge in [0.15, 0.2) is 12.0 Å². The Bertz CT molecular complexity index is 1090. The molecule has 9 nitrogen and oxygen atoms in total. The van der Waals surface area contributed by atoms with Crippen LogP contribution in [0.5, 0.6) is 5.88 Å². The van der Waals surface area contributed by atoms with E-state index >= 15 is 0 Å². The van der Waals surface area contributed by atoms with Gasteiger partial charge in [-0.25, -0.2) is 14.8 Å². The van der Waals surface area contributed by atoms with Crippen molar-refractivity contribution in [1.82, 2.24) is 9.97 Å². The van der Waals surface area contributed by atoms with E-state index in [9.17, 15) is 18.0 Å². The molecule has 150 valence electrons. The van der Waals surface area contributed by atoms with Crippen molar-refractivity contribution >= 4 is 17.1 Å². The van der Waals surface area contributed by atoms with Gasteiger partial charge in [0.2, 0.25) is 5.88 Å². The first kappa shape index (κ1) is 20.0. The fourth-order valence-corrected chi connectivity index (χ4v) is 2.67. The molecule has 0 saturated carbocycles. The van der Waals surface area contributed by atoms with Crippen molar-refractivity contribution in [1.29, 1.82) is 0 Å². The van der Waals surface area contributed by atoms with Gasteiger partial charge in [-0.15, -0.1) is 13.2 Å². The molecule has 0 amide bonds. The summed E-state index contributed by atoms with van der Waals surface area (Å²) < 4.78 is 51.1. The molecule has 0 aliphatic carbocycles. The number of aromatic nitrogens is 2. The molecule has 3 rings (SSSR count). The lowest BCUT2D eigenvalue weighted by atomic mass is 9.98. The van der Waals surface area contributed by atoms with E-state index in [1.807, 2.05) is 0 Å². The Morgan fingerprint density at radius 2 is 2.14 bits per heavy atom. The SMILES string of the molecule is CCOC(=O)c1c(CN=[N+]=[N-])cc(-c2ccc(OC(F)(F)F)nc2)c2ncoc12. The van der Waals surface area contributed by atoms with Crippen LogP contribution in [-0.4, -0.2) is 28.9 Å². The number of esters is 1. The van der Waals surface area contributed by atoms with Gasteiger partial charge in [0.1, 0.15) is 11.1 Å². The lowest BCUT2D eigenvalue weighted by molar-refractivity contribution is -0.276. The number of azide groups is 1. The Labute approximate surface area is 160 Å². The van der Waals surface area contributed by atoms with E-state index in [2.05, 4.69) is 24.7 Å². The molecular formula is C17H12F3N5O4. The maximum Gasteiger partial charge on any atom is 0.574 e. The number of hydrogen-bond donors (Lipinski definition) is 0. The van der Waals surface area contributed by atoms with E-state index < -0.39 is 18.2 Å². The minimum Gasteiger partial charge on any atom is -0.462 e. The standard InChI is InChI=1S/C17H12F3N5O4/c1-2-27-16(26)13-10(7-24-25-21)5-11(14-15(13)28-8-23-14)9-3-4-12(22-6-9)29-17(18,19)20/h3-6,8H,2,7H2,1H3. The number of carbonyl (C=O) groups excluding carboxylic acids is 1. The molecular weight excluding hydrogens is 395 g/mol. The molecule has 0 bridgehead atoms. The number of ether oxygens (including phenoxy) is 2. The molecule has 2 heterocycles. The number of nitrogens with zero attached hydrogens (tertiary/aromatic N) is 5. The first-order valence-corrected chi connectivity index (χ1v) is 8.13. The topological polar surface area (TPSA) is 123 Å². The van der Waals surface area contributed by atoms with Gasteiger partial charge in [0, 0.05) is 28.3 Å². The third kappa shape index (κ3) is 4.38. The van der Waals surface area contributed by atoms with E-state index in [1.165, 1.54) is 12.1 Å². The molecule has 12 heteroatoms. The van der Waals surface area contributed by atoms with Crippen LogP contribution < -0.4 is 4.74 Å². The molecule has 0 spiro atoms. The summed E-state index contributed by atoms with van der Waals surface area (Å²) in [6.07, 6.45) is -2.59. The Morgan fingerprint density at radius 1 is 1.34 bits per heavy atom. The summed E-state index contributed by atoms with van der Waals surface area (Å²) in [7, 11) is 0. The summed E-state index contributed by atoms with van der Waals surface area (Å²) in [5.74, 6) is -1.31. The van der Waals surface area contributed by atoms with Crippen LogP contribution in [0.25, 0.3) is 32.7 Å². The highest BCUT2D eigenvalue weighted by molar-refractivity contribution is 6.06. The summed E-state index contributed by atoms with van der Waals surface area (Å²) in [4.78, 5) is 22.8. The van der Waals surface area contributed by atoms with Crippen LogP contribution in [0.1, 0.15) is 22.8 Å². The fourth-order valence-electron chi connectivity index (χ4n) is 2.67. The normalized spacial score (nSPS) is 11.2. The number of halogens is 3. The predicted octanol–water partition coefficient (Wildman–Crippen LogP) is 4.78. The number of hydrogen-bond acceptors (Lipinski definition) is 7. The zero-order valence-corrected chi connectivity index (χ0v) is 14.8. The van der Waals surface area contributed by atoms with Crippen molar-refractivity contribution in [3.63, 3.8) is 0 Å². The van der Waals surface area contributed by atoms with Gasteiger partial charge < -0.3 is 13.9 Å². The minimum atomic E-state index is -4.86. The predicted molar refractivity (Wildman–Crippen MR) is 92.7 cm³/mol. The molecule has 2 aromatic heterocycles. The Hall–Kier alpha value is -3.79. The largest absolute Gasteiger partial charge is 0.574 e. The number of alkyl halides is 3. The Kier molecular flexibility index (Phi) is 5.55. The number of carbonyl (C=O) groups is 1. The van der Waals surface area contributed by atoms with Crippen LogP contribution in [0.3, 0.4) is 0 Å². The monoisotopic (exact) mass is 407 g/mol. The second-order valence-electron chi connectivity index (χ2n) is 5.53. The summed E-state index contributed by atoms with van der Waals surface area (Å²) in [6, 6.07) is 3.91. The first-order chi connectivity index (χ1) is 13.8. The molecule has 0 fully saturated rings. The molecule has 0 saturated heterocycles. The molecule has 3 aromatic rings. The van der Waals surface area contributed by atoms with Crippen molar-refractivity contribution in [3.8, 4) is 17.0 Å². The third-order valence-electron chi connectivity index (χ3n) is 3.74. The van der Waals surface area contributed by atoms with Crippen LogP contribution >= 0.6 is 0 Å². The van der Waals surface area contributed by atoms with Crippen molar-refractivity contribution < 1.29 is 31.9 Å². The van der Waals surface area contributed by atoms with Gasteiger partial charge >= 0.3 is 12.3 Å². The van der Waals surface area contributed by atoms with Crippen LogP contribution in [0.4, 0.5) is 13.2 Å². The summed E-state index contributed by atoms with van der Waals surface area (Å²) in [6.45, 7) is 1.56. The highest BCUT2D eigenvalue weighted by atomic mass is 19.4. The number of benzene rings is 1. The molecule has 0 aliphatic rings. The molecule has 0 atom stereocenters. The molecule has 0 N–H and O–H groups in total. The zero-order chi connectivity index (χ0) is 21.0. The molecule has 1 aromatic carbocycles. The lowest BCUT2D eigenvalue weighted by Gasteiger charge is -2.12. The molecule has 29 heavy (non-hydrogen) atoms. The summed E-state index contributed by atoms with van der Waals surface area (Å²) in [5.41, 5.74) is 10.2. The highest BCUT2D eigenvalue weighted by Crippen LogP contribution is 2.34. The van der Waals surface area contributed by atoms with E-state index in [1.54, 1.807) is 6.92 Å². The van der Waals surface area contributed by atoms with Crippen molar-refractivity contribution in [2.45, 2.75) is 19.8 Å². The smallest absolute Gasteiger partial charge is 0.462 e. The van der Waals surface area contributed by atoms with Gasteiger partial charge in [0.25, 0.3) is 0 Å². The quantitative estimate of drug-likeness (QED) is 0.251. The number of rotatable bonds is 6. The van der Waals surface area contributed by atoms with Gasteiger partial charge in [-0.1, -0.05) is 5.11 Å². The van der Waals surface area contributed by atoms with Crippen LogP contribution in [0.15, 0.2) is 40.3 Å². The number of oxazole rings is 1. The summed E-state index contributed by atoms with van der Waals surface area (Å²) in [5, 5.41) is 3.48. The van der Waals surface area contributed by atoms with Crippen molar-refractivity contribution in [3.05, 3.63) is 52.4 Å². The zero-order valence-electron chi connectivity index (χ0n) is 14.8. The van der Waals surface area contributed by atoms with Crippen molar-refractivity contribution in [2.75, 3.05) is 6.61 Å². The van der Waals surface area contributed by atoms with Crippen LogP contribution in [0.2, 0.25) is 0 Å². The highest BCUT2D eigenvalue weighted by Gasteiger charge is 2.31. The van der Waals surface area contributed by atoms with E-state index in [-0.39, 0.29) is 29.8 Å². The number of fused-ring (bicyclic) bond motifs is 1. The van der Waals surface area contributed by atoms with E-state index in [0.29, 0.717) is 16.7 Å². The first-order valence-electron chi connectivity index (χ1n) is 8.13. The van der Waals surface area contributed by atoms with Crippen LogP contribution in [-0.2, 0) is 11.3 Å². The molecule has 0 aliphatic heterocycles. The van der Waals surface area contributed by atoms with Gasteiger partial charge in [-0.3, -0.25) is 0 Å². The van der Waals surface area contributed by atoms with E-state index in [4.69, 9.17) is 14.7 Å². The Morgan fingerprint density at radius 3 is 2.76 bits per heavy atom. The second kappa shape index (κ2) is 8.07. The molecule has 0 unspecified atom stereocenters. The summed E-state index contributed by atoms with van der Waals surface area (Å²) >= 11 is 0. The third-order valence-corrected chi connectivity index (χ3v) is 3.74. The average molecular weight is 407 g/mol. The fraction of sp³-hybridized carbons (Fsp3) is 0.235.